The van der Waals surface area contributed by atoms with Gasteiger partial charge in [-0.2, -0.15) is 0 Å². The summed E-state index contributed by atoms with van der Waals surface area (Å²) in [4.78, 5) is 12.3. The molecule has 120 valence electrons. The SMILES string of the molecule is CCOc1ccc(CCNC(=O)[C@@H]2CC23CCNCC3)cc1. The Hall–Kier alpha value is -1.55. The summed E-state index contributed by atoms with van der Waals surface area (Å²) >= 11 is 0. The average Bonchev–Trinajstić information content (AvgIpc) is 3.23. The van der Waals surface area contributed by atoms with Crippen molar-refractivity contribution in [2.45, 2.75) is 32.6 Å². The first-order chi connectivity index (χ1) is 10.7. The number of carbonyl (C=O) groups is 1. The van der Waals surface area contributed by atoms with Crippen LogP contribution in [-0.2, 0) is 11.2 Å². The van der Waals surface area contributed by atoms with E-state index in [1.807, 2.05) is 19.1 Å². The molecule has 1 heterocycles. The summed E-state index contributed by atoms with van der Waals surface area (Å²) in [6.07, 6.45) is 4.27. The standard InChI is InChI=1S/C18H26N2O2/c1-2-22-15-5-3-14(4-6-15)7-10-20-17(21)16-13-18(16)8-11-19-12-9-18/h3-6,16,19H,2,7-13H2,1H3,(H,20,21)/t16-/m0/s1. The predicted molar refractivity (Wildman–Crippen MR) is 87.0 cm³/mol. The highest BCUT2D eigenvalue weighted by Gasteiger charge is 2.57. The van der Waals surface area contributed by atoms with Gasteiger partial charge in [-0.1, -0.05) is 12.1 Å². The molecule has 1 atom stereocenters. The van der Waals surface area contributed by atoms with Gasteiger partial charge in [0, 0.05) is 12.5 Å². The first-order valence-corrected chi connectivity index (χ1v) is 8.44. The van der Waals surface area contributed by atoms with E-state index in [4.69, 9.17) is 4.74 Å². The summed E-state index contributed by atoms with van der Waals surface area (Å²) in [5, 5.41) is 6.49. The van der Waals surface area contributed by atoms with Crippen LogP contribution in [0.4, 0.5) is 0 Å². The van der Waals surface area contributed by atoms with E-state index >= 15 is 0 Å². The number of carbonyl (C=O) groups excluding carboxylic acids is 1. The van der Waals surface area contributed by atoms with Crippen LogP contribution in [0.1, 0.15) is 31.7 Å². The molecule has 1 aliphatic carbocycles. The number of ether oxygens (including phenoxy) is 1. The molecule has 22 heavy (non-hydrogen) atoms. The van der Waals surface area contributed by atoms with Gasteiger partial charge in [0.1, 0.15) is 5.75 Å². The van der Waals surface area contributed by atoms with Gasteiger partial charge in [0.25, 0.3) is 0 Å². The maximum absolute atomic E-state index is 12.3. The Balaban J connectivity index is 1.40. The van der Waals surface area contributed by atoms with E-state index in [0.29, 0.717) is 12.0 Å². The van der Waals surface area contributed by atoms with Crippen LogP contribution in [0, 0.1) is 11.3 Å². The maximum Gasteiger partial charge on any atom is 0.223 e. The van der Waals surface area contributed by atoms with Crippen LogP contribution in [0.3, 0.4) is 0 Å². The third-order valence-electron chi connectivity index (χ3n) is 5.05. The second kappa shape index (κ2) is 6.69. The fourth-order valence-electron chi connectivity index (χ4n) is 3.57. The Morgan fingerprint density at radius 1 is 1.32 bits per heavy atom. The Kier molecular flexibility index (Phi) is 4.67. The smallest absolute Gasteiger partial charge is 0.223 e. The minimum absolute atomic E-state index is 0.257. The predicted octanol–water partition coefficient (Wildman–Crippen LogP) is 2.13. The fourth-order valence-corrected chi connectivity index (χ4v) is 3.57. The molecule has 0 radical (unpaired) electrons. The number of piperidine rings is 1. The van der Waals surface area contributed by atoms with Crippen LogP contribution in [0.15, 0.2) is 24.3 Å². The Labute approximate surface area is 132 Å². The molecule has 0 bridgehead atoms. The first kappa shape index (κ1) is 15.3. The van der Waals surface area contributed by atoms with Crippen molar-refractivity contribution in [2.24, 2.45) is 11.3 Å². The van der Waals surface area contributed by atoms with Crippen molar-refractivity contribution < 1.29 is 9.53 Å². The Bertz CT molecular complexity index is 506. The van der Waals surface area contributed by atoms with Crippen LogP contribution < -0.4 is 15.4 Å². The van der Waals surface area contributed by atoms with Gasteiger partial charge in [-0.05, 0) is 68.8 Å². The number of nitrogens with one attached hydrogen (secondary N) is 2. The molecule has 3 rings (SSSR count). The van der Waals surface area contributed by atoms with Gasteiger partial charge >= 0.3 is 0 Å². The van der Waals surface area contributed by atoms with Crippen molar-refractivity contribution in [1.29, 1.82) is 0 Å². The molecular formula is C18H26N2O2. The van der Waals surface area contributed by atoms with Gasteiger partial charge in [0.2, 0.25) is 5.91 Å². The topological polar surface area (TPSA) is 50.4 Å². The van der Waals surface area contributed by atoms with Gasteiger partial charge in [0.05, 0.1) is 6.61 Å². The lowest BCUT2D eigenvalue weighted by molar-refractivity contribution is -0.123. The van der Waals surface area contributed by atoms with Crippen molar-refractivity contribution >= 4 is 5.91 Å². The molecule has 2 fully saturated rings. The highest BCUT2D eigenvalue weighted by molar-refractivity contribution is 5.82. The van der Waals surface area contributed by atoms with Crippen molar-refractivity contribution in [3.63, 3.8) is 0 Å². The zero-order valence-corrected chi connectivity index (χ0v) is 13.4. The molecule has 1 saturated carbocycles. The molecule has 2 aliphatic rings. The van der Waals surface area contributed by atoms with Crippen LogP contribution in [-0.4, -0.2) is 32.1 Å². The number of benzene rings is 1. The zero-order chi connectivity index (χ0) is 15.4. The van der Waals surface area contributed by atoms with Crippen LogP contribution >= 0.6 is 0 Å². The molecule has 2 N–H and O–H groups in total. The number of hydrogen-bond donors (Lipinski definition) is 2. The lowest BCUT2D eigenvalue weighted by atomic mass is 9.92. The maximum atomic E-state index is 12.3. The van der Waals surface area contributed by atoms with Crippen molar-refractivity contribution in [1.82, 2.24) is 10.6 Å². The second-order valence-electron chi connectivity index (χ2n) is 6.49. The summed E-state index contributed by atoms with van der Waals surface area (Å²) in [6, 6.07) is 8.13. The van der Waals surface area contributed by atoms with E-state index < -0.39 is 0 Å². The summed E-state index contributed by atoms with van der Waals surface area (Å²) in [7, 11) is 0. The highest BCUT2D eigenvalue weighted by Crippen LogP contribution is 2.58. The zero-order valence-electron chi connectivity index (χ0n) is 13.4. The largest absolute Gasteiger partial charge is 0.494 e. The quantitative estimate of drug-likeness (QED) is 0.846. The van der Waals surface area contributed by atoms with E-state index in [1.165, 1.54) is 5.56 Å². The van der Waals surface area contributed by atoms with Gasteiger partial charge in [-0.15, -0.1) is 0 Å². The Morgan fingerprint density at radius 2 is 2.05 bits per heavy atom. The van der Waals surface area contributed by atoms with Crippen LogP contribution in [0.25, 0.3) is 0 Å². The molecule has 1 aromatic carbocycles. The van der Waals surface area contributed by atoms with Crippen molar-refractivity contribution in [3.05, 3.63) is 29.8 Å². The lowest BCUT2D eigenvalue weighted by Gasteiger charge is -2.23. The van der Waals surface area contributed by atoms with Gasteiger partial charge < -0.3 is 15.4 Å². The summed E-state index contributed by atoms with van der Waals surface area (Å²) < 4.78 is 5.43. The second-order valence-corrected chi connectivity index (χ2v) is 6.49. The van der Waals surface area contributed by atoms with E-state index in [-0.39, 0.29) is 11.8 Å². The summed E-state index contributed by atoms with van der Waals surface area (Å²) in [5.74, 6) is 1.42. The molecule has 1 aliphatic heterocycles. The van der Waals surface area contributed by atoms with E-state index in [9.17, 15) is 4.79 Å². The van der Waals surface area contributed by atoms with Gasteiger partial charge in [-0.25, -0.2) is 0 Å². The van der Waals surface area contributed by atoms with Gasteiger partial charge in [0.15, 0.2) is 0 Å². The summed E-state index contributed by atoms with van der Waals surface area (Å²) in [6.45, 7) is 5.52. The number of amides is 1. The number of hydrogen-bond acceptors (Lipinski definition) is 3. The van der Waals surface area contributed by atoms with Crippen LogP contribution in [0.2, 0.25) is 0 Å². The normalized spacial score (nSPS) is 22.3. The van der Waals surface area contributed by atoms with E-state index in [0.717, 1.165) is 51.1 Å². The molecule has 1 saturated heterocycles. The highest BCUT2D eigenvalue weighted by atomic mass is 16.5. The lowest BCUT2D eigenvalue weighted by Crippen LogP contribution is -2.34. The molecule has 0 unspecified atom stereocenters. The first-order valence-electron chi connectivity index (χ1n) is 8.44. The minimum atomic E-state index is 0.257. The molecule has 0 aromatic heterocycles. The minimum Gasteiger partial charge on any atom is -0.494 e. The third-order valence-corrected chi connectivity index (χ3v) is 5.05. The Morgan fingerprint density at radius 3 is 2.73 bits per heavy atom. The molecule has 4 nitrogen and oxygen atoms in total. The number of rotatable bonds is 6. The van der Waals surface area contributed by atoms with E-state index in [1.54, 1.807) is 0 Å². The van der Waals surface area contributed by atoms with Gasteiger partial charge in [-0.3, -0.25) is 4.79 Å². The summed E-state index contributed by atoms with van der Waals surface area (Å²) in [5.41, 5.74) is 1.56. The average molecular weight is 302 g/mol. The third kappa shape index (κ3) is 3.43. The molecular weight excluding hydrogens is 276 g/mol. The molecule has 1 aromatic rings. The fraction of sp³-hybridized carbons (Fsp3) is 0.611. The van der Waals surface area contributed by atoms with Crippen LogP contribution in [0.5, 0.6) is 5.75 Å². The monoisotopic (exact) mass is 302 g/mol. The molecule has 1 amide bonds. The van der Waals surface area contributed by atoms with E-state index in [2.05, 4.69) is 22.8 Å². The molecule has 4 heteroatoms. The van der Waals surface area contributed by atoms with Crippen molar-refractivity contribution in [2.75, 3.05) is 26.2 Å². The van der Waals surface area contributed by atoms with Crippen molar-refractivity contribution in [3.8, 4) is 5.75 Å². The molecule has 1 spiro atoms.